The van der Waals surface area contributed by atoms with Crippen LogP contribution >= 0.6 is 0 Å². The molecule has 1 fully saturated rings. The predicted molar refractivity (Wildman–Crippen MR) is 95.4 cm³/mol. The van der Waals surface area contributed by atoms with Gasteiger partial charge in [0.1, 0.15) is 18.5 Å². The van der Waals surface area contributed by atoms with Crippen LogP contribution in [0, 0.1) is 0 Å². The fourth-order valence-corrected chi connectivity index (χ4v) is 3.28. The number of morpholine rings is 1. The van der Waals surface area contributed by atoms with Crippen LogP contribution in [0.5, 0.6) is 5.75 Å². The quantitative estimate of drug-likeness (QED) is 0.805. The van der Waals surface area contributed by atoms with Crippen molar-refractivity contribution in [1.82, 2.24) is 4.90 Å². The van der Waals surface area contributed by atoms with Crippen molar-refractivity contribution < 1.29 is 19.7 Å². The zero-order valence-corrected chi connectivity index (χ0v) is 14.3. The third-order valence-electron chi connectivity index (χ3n) is 4.45. The summed E-state index contributed by atoms with van der Waals surface area (Å²) in [5.74, 6) is 0.757. The second-order valence-corrected chi connectivity index (χ2v) is 6.13. The molecule has 0 amide bonds. The molecule has 1 aliphatic heterocycles. The van der Waals surface area contributed by atoms with Crippen LogP contribution in [0.1, 0.15) is 17.2 Å². The molecule has 5 nitrogen and oxygen atoms in total. The van der Waals surface area contributed by atoms with Gasteiger partial charge in [-0.2, -0.15) is 0 Å². The molecule has 0 spiro atoms. The van der Waals surface area contributed by atoms with Crippen LogP contribution in [0.3, 0.4) is 0 Å². The van der Waals surface area contributed by atoms with E-state index in [-0.39, 0.29) is 25.4 Å². The Morgan fingerprint density at radius 3 is 2.48 bits per heavy atom. The lowest BCUT2D eigenvalue weighted by Crippen LogP contribution is -2.46. The van der Waals surface area contributed by atoms with E-state index in [0.29, 0.717) is 13.2 Å². The van der Waals surface area contributed by atoms with Crippen LogP contribution in [-0.4, -0.2) is 54.2 Å². The highest BCUT2D eigenvalue weighted by Crippen LogP contribution is 2.31. The van der Waals surface area contributed by atoms with Gasteiger partial charge < -0.3 is 19.7 Å². The van der Waals surface area contributed by atoms with Crippen LogP contribution in [0.4, 0.5) is 0 Å². The highest BCUT2D eigenvalue weighted by Gasteiger charge is 2.33. The maximum absolute atomic E-state index is 9.74. The van der Waals surface area contributed by atoms with Gasteiger partial charge in [0.2, 0.25) is 0 Å². The molecule has 1 saturated heterocycles. The Labute approximate surface area is 148 Å². The highest BCUT2D eigenvalue weighted by atomic mass is 16.5. The summed E-state index contributed by atoms with van der Waals surface area (Å²) in [5.41, 5.74) is 2.33. The molecule has 2 aromatic rings. The van der Waals surface area contributed by atoms with Crippen molar-refractivity contribution in [1.29, 1.82) is 0 Å². The smallest absolute Gasteiger partial charge is 0.119 e. The minimum absolute atomic E-state index is 0.00397. The maximum Gasteiger partial charge on any atom is 0.119 e. The lowest BCUT2D eigenvalue weighted by molar-refractivity contribution is -0.0960. The normalized spacial score (nSPS) is 21.2. The van der Waals surface area contributed by atoms with E-state index < -0.39 is 0 Å². The minimum atomic E-state index is -0.219. The van der Waals surface area contributed by atoms with E-state index in [1.165, 1.54) is 5.56 Å². The third kappa shape index (κ3) is 4.58. The zero-order chi connectivity index (χ0) is 17.5. The van der Waals surface area contributed by atoms with Crippen LogP contribution in [-0.2, 0) is 11.3 Å². The van der Waals surface area contributed by atoms with Crippen molar-refractivity contribution in [3.8, 4) is 5.75 Å². The molecule has 0 unspecified atom stereocenters. The lowest BCUT2D eigenvalue weighted by Gasteiger charge is -2.41. The van der Waals surface area contributed by atoms with E-state index in [2.05, 4.69) is 17.0 Å². The van der Waals surface area contributed by atoms with E-state index in [1.807, 2.05) is 42.5 Å². The van der Waals surface area contributed by atoms with Gasteiger partial charge >= 0.3 is 0 Å². The Hall–Kier alpha value is -1.92. The van der Waals surface area contributed by atoms with Crippen LogP contribution in [0.15, 0.2) is 54.6 Å². The van der Waals surface area contributed by atoms with E-state index in [0.717, 1.165) is 24.4 Å². The summed E-state index contributed by atoms with van der Waals surface area (Å²) in [5, 5.41) is 18.6. The molecule has 134 valence electrons. The fraction of sp³-hybridized carbons (Fsp3) is 0.400. The molecule has 0 radical (unpaired) electrons. The van der Waals surface area contributed by atoms with E-state index in [9.17, 15) is 5.11 Å². The molecule has 0 bridgehead atoms. The summed E-state index contributed by atoms with van der Waals surface area (Å²) in [7, 11) is 0. The minimum Gasteiger partial charge on any atom is -0.491 e. The number of ether oxygens (including phenoxy) is 2. The second kappa shape index (κ2) is 8.97. The van der Waals surface area contributed by atoms with E-state index in [1.54, 1.807) is 0 Å². The number of nitrogens with zero attached hydrogens (tertiary/aromatic N) is 1. The van der Waals surface area contributed by atoms with Gasteiger partial charge in [0.25, 0.3) is 0 Å². The average Bonchev–Trinajstić information content (AvgIpc) is 2.68. The number of hydrogen-bond acceptors (Lipinski definition) is 5. The molecule has 2 aromatic carbocycles. The Kier molecular flexibility index (Phi) is 6.42. The summed E-state index contributed by atoms with van der Waals surface area (Å²) in [6.45, 7) is 2.53. The molecule has 2 atom stereocenters. The largest absolute Gasteiger partial charge is 0.491 e. The van der Waals surface area contributed by atoms with Gasteiger partial charge in [-0.15, -0.1) is 0 Å². The number of aliphatic hydroxyl groups excluding tert-OH is 2. The van der Waals surface area contributed by atoms with Gasteiger partial charge in [-0.25, -0.2) is 0 Å². The van der Waals surface area contributed by atoms with Crippen molar-refractivity contribution in [3.05, 3.63) is 65.7 Å². The first-order valence-corrected chi connectivity index (χ1v) is 8.66. The molecule has 0 aliphatic carbocycles. The fourth-order valence-electron chi connectivity index (χ4n) is 3.28. The molecular formula is C20H25NO4. The molecule has 3 rings (SSSR count). The first-order chi connectivity index (χ1) is 12.3. The van der Waals surface area contributed by atoms with Crippen molar-refractivity contribution >= 4 is 0 Å². The molecule has 2 N–H and O–H groups in total. The average molecular weight is 343 g/mol. The van der Waals surface area contributed by atoms with Gasteiger partial charge in [-0.05, 0) is 23.3 Å². The van der Waals surface area contributed by atoms with Crippen LogP contribution in [0.2, 0.25) is 0 Å². The van der Waals surface area contributed by atoms with E-state index >= 15 is 0 Å². The molecule has 0 saturated carbocycles. The molecule has 5 heteroatoms. The van der Waals surface area contributed by atoms with Gasteiger partial charge in [0.05, 0.1) is 25.9 Å². The van der Waals surface area contributed by atoms with Crippen LogP contribution < -0.4 is 4.74 Å². The van der Waals surface area contributed by atoms with Crippen LogP contribution in [0.25, 0.3) is 0 Å². The second-order valence-electron chi connectivity index (χ2n) is 6.13. The molecule has 25 heavy (non-hydrogen) atoms. The SMILES string of the molecule is OCCOc1ccc(CN2CCO[C@H](CO)[C@H]2c2ccccc2)cc1. The molecular weight excluding hydrogens is 318 g/mol. The lowest BCUT2D eigenvalue weighted by atomic mass is 9.97. The van der Waals surface area contributed by atoms with Gasteiger partial charge in [-0.1, -0.05) is 42.5 Å². The molecule has 1 heterocycles. The highest BCUT2D eigenvalue weighted by molar-refractivity contribution is 5.28. The Morgan fingerprint density at radius 1 is 1.04 bits per heavy atom. The summed E-state index contributed by atoms with van der Waals surface area (Å²) >= 11 is 0. The summed E-state index contributed by atoms with van der Waals surface area (Å²) in [6.07, 6.45) is -0.219. The first-order valence-electron chi connectivity index (χ1n) is 8.66. The standard InChI is InChI=1S/C20H25NO4/c22-11-13-24-18-8-6-16(7-9-18)14-21-10-12-25-19(15-23)20(21)17-4-2-1-3-5-17/h1-9,19-20,22-23H,10-15H2/t19-,20-/m1/s1. The number of benzene rings is 2. The van der Waals surface area contributed by atoms with Gasteiger partial charge in [0, 0.05) is 13.1 Å². The predicted octanol–water partition coefficient (Wildman–Crippen LogP) is 1.99. The molecule has 0 aromatic heterocycles. The summed E-state index contributed by atoms with van der Waals surface area (Å²) in [4.78, 5) is 2.35. The van der Waals surface area contributed by atoms with Gasteiger partial charge in [0.15, 0.2) is 0 Å². The molecule has 1 aliphatic rings. The van der Waals surface area contributed by atoms with Crippen molar-refractivity contribution in [2.45, 2.75) is 18.7 Å². The Morgan fingerprint density at radius 2 is 1.80 bits per heavy atom. The summed E-state index contributed by atoms with van der Waals surface area (Å²) < 4.78 is 11.2. The Bertz CT molecular complexity index is 632. The monoisotopic (exact) mass is 343 g/mol. The first kappa shape index (κ1) is 17.9. The third-order valence-corrected chi connectivity index (χ3v) is 4.45. The number of hydrogen-bond donors (Lipinski definition) is 2. The Balaban J connectivity index is 1.74. The maximum atomic E-state index is 9.74. The van der Waals surface area contributed by atoms with Crippen molar-refractivity contribution in [3.63, 3.8) is 0 Å². The van der Waals surface area contributed by atoms with E-state index in [4.69, 9.17) is 14.6 Å². The number of rotatable bonds is 7. The van der Waals surface area contributed by atoms with Crippen molar-refractivity contribution in [2.75, 3.05) is 33.0 Å². The number of aliphatic hydroxyl groups is 2. The summed E-state index contributed by atoms with van der Waals surface area (Å²) in [6, 6.07) is 18.2. The van der Waals surface area contributed by atoms with Crippen molar-refractivity contribution in [2.24, 2.45) is 0 Å². The van der Waals surface area contributed by atoms with Gasteiger partial charge in [-0.3, -0.25) is 4.90 Å². The topological polar surface area (TPSA) is 62.2 Å². The zero-order valence-electron chi connectivity index (χ0n) is 14.3.